The van der Waals surface area contributed by atoms with Crippen molar-refractivity contribution in [1.29, 1.82) is 0 Å². The molecule has 0 saturated heterocycles. The number of carbonyl (C=O) groups is 1. The number of benzene rings is 2. The summed E-state index contributed by atoms with van der Waals surface area (Å²) in [6, 6.07) is 11.5. The summed E-state index contributed by atoms with van der Waals surface area (Å²) in [4.78, 5) is 14.0. The molecule has 0 aliphatic heterocycles. The molecule has 0 spiro atoms. The van der Waals surface area contributed by atoms with E-state index in [2.05, 4.69) is 4.72 Å². The van der Waals surface area contributed by atoms with Crippen LogP contribution in [-0.4, -0.2) is 40.4 Å². The molecule has 0 radical (unpaired) electrons. The van der Waals surface area contributed by atoms with E-state index in [0.29, 0.717) is 11.6 Å². The first kappa shape index (κ1) is 19.2. The van der Waals surface area contributed by atoms with E-state index >= 15 is 0 Å². The summed E-state index contributed by atoms with van der Waals surface area (Å²) in [5.41, 5.74) is 1.17. The third-order valence-corrected chi connectivity index (χ3v) is 5.34. The summed E-state index contributed by atoms with van der Waals surface area (Å²) in [5.74, 6) is -0.128. The van der Waals surface area contributed by atoms with Crippen molar-refractivity contribution in [1.82, 2.24) is 9.62 Å². The molecule has 25 heavy (non-hydrogen) atoms. The average molecular weight is 383 g/mol. The van der Waals surface area contributed by atoms with Crippen LogP contribution in [0, 0.1) is 0 Å². The van der Waals surface area contributed by atoms with E-state index in [1.165, 1.54) is 37.3 Å². The van der Waals surface area contributed by atoms with Crippen molar-refractivity contribution in [2.45, 2.75) is 11.4 Å². The Morgan fingerprint density at radius 1 is 1.20 bits per heavy atom. The third kappa shape index (κ3) is 4.50. The highest BCUT2D eigenvalue weighted by Gasteiger charge is 2.21. The number of ether oxygens (including phenoxy) is 1. The van der Waals surface area contributed by atoms with Gasteiger partial charge in [-0.1, -0.05) is 23.7 Å². The summed E-state index contributed by atoms with van der Waals surface area (Å²) < 4.78 is 31.5. The maximum absolute atomic E-state index is 12.6. The van der Waals surface area contributed by atoms with Crippen molar-refractivity contribution in [3.05, 3.63) is 58.6 Å². The van der Waals surface area contributed by atoms with Crippen molar-refractivity contribution >= 4 is 27.5 Å². The molecule has 0 aromatic heterocycles. The molecule has 0 aliphatic carbocycles. The lowest BCUT2D eigenvalue weighted by atomic mass is 10.1. The second-order valence-corrected chi connectivity index (χ2v) is 7.65. The number of hydrogen-bond acceptors (Lipinski definition) is 4. The Hall–Kier alpha value is -2.09. The van der Waals surface area contributed by atoms with Gasteiger partial charge in [0.05, 0.1) is 7.11 Å². The minimum Gasteiger partial charge on any atom is -0.495 e. The molecule has 8 heteroatoms. The summed E-state index contributed by atoms with van der Waals surface area (Å²) in [6.45, 7) is 0.371. The summed E-state index contributed by atoms with van der Waals surface area (Å²) in [5, 5.41) is 0.620. The van der Waals surface area contributed by atoms with E-state index in [4.69, 9.17) is 16.3 Å². The van der Waals surface area contributed by atoms with Crippen LogP contribution in [-0.2, 0) is 16.6 Å². The van der Waals surface area contributed by atoms with Crippen molar-refractivity contribution in [2.24, 2.45) is 0 Å². The molecular formula is C17H19ClN2O4S. The molecule has 0 aliphatic rings. The Morgan fingerprint density at radius 2 is 1.84 bits per heavy atom. The zero-order valence-electron chi connectivity index (χ0n) is 14.1. The average Bonchev–Trinajstić information content (AvgIpc) is 2.62. The normalized spacial score (nSPS) is 11.2. The van der Waals surface area contributed by atoms with Gasteiger partial charge in [-0.25, -0.2) is 13.1 Å². The Labute approximate surface area is 152 Å². The van der Waals surface area contributed by atoms with Gasteiger partial charge in [-0.15, -0.1) is 0 Å². The number of sulfonamides is 1. The largest absolute Gasteiger partial charge is 0.495 e. The fourth-order valence-corrected chi connectivity index (χ4v) is 3.33. The molecule has 134 valence electrons. The molecule has 0 atom stereocenters. The number of hydrogen-bond donors (Lipinski definition) is 1. The number of amides is 1. The van der Waals surface area contributed by atoms with Gasteiger partial charge in [0, 0.05) is 24.2 Å². The van der Waals surface area contributed by atoms with Crippen LogP contribution in [0.15, 0.2) is 47.4 Å². The minimum absolute atomic E-state index is 0.0803. The molecule has 6 nitrogen and oxygen atoms in total. The number of halogens is 1. The smallest absolute Gasteiger partial charge is 0.253 e. The maximum Gasteiger partial charge on any atom is 0.253 e. The van der Waals surface area contributed by atoms with Gasteiger partial charge in [0.15, 0.2) is 0 Å². The van der Waals surface area contributed by atoms with Gasteiger partial charge in [-0.05, 0) is 42.9 Å². The van der Waals surface area contributed by atoms with E-state index in [-0.39, 0.29) is 22.1 Å². The molecular weight excluding hydrogens is 364 g/mol. The molecule has 0 bridgehead atoms. The van der Waals surface area contributed by atoms with Crippen LogP contribution in [0.3, 0.4) is 0 Å². The van der Waals surface area contributed by atoms with Crippen LogP contribution in [0.4, 0.5) is 0 Å². The summed E-state index contributed by atoms with van der Waals surface area (Å²) in [6.07, 6.45) is 0. The highest BCUT2D eigenvalue weighted by atomic mass is 35.5. The first-order valence-electron chi connectivity index (χ1n) is 7.40. The molecule has 1 amide bonds. The lowest BCUT2D eigenvalue weighted by Gasteiger charge is -2.18. The Balaban J connectivity index is 2.29. The molecule has 0 fully saturated rings. The number of nitrogens with one attached hydrogen (secondary N) is 1. The van der Waals surface area contributed by atoms with E-state index in [1.807, 2.05) is 12.1 Å². The molecule has 0 saturated carbocycles. The summed E-state index contributed by atoms with van der Waals surface area (Å²) >= 11 is 5.85. The Morgan fingerprint density at radius 3 is 2.40 bits per heavy atom. The van der Waals surface area contributed by atoms with Crippen LogP contribution in [0.5, 0.6) is 5.75 Å². The lowest BCUT2D eigenvalue weighted by Crippen LogP contribution is -2.27. The standard InChI is InChI=1S/C17H19ClN2O4S/c1-19-25(22,23)16-10-13(6-9-15(16)24-3)17(21)20(2)11-12-4-7-14(18)8-5-12/h4-10,19H,11H2,1-3H3. The van der Waals surface area contributed by atoms with Crippen LogP contribution in [0.25, 0.3) is 0 Å². The molecule has 2 aromatic carbocycles. The van der Waals surface area contributed by atoms with Crippen LogP contribution < -0.4 is 9.46 Å². The van der Waals surface area contributed by atoms with E-state index in [0.717, 1.165) is 5.56 Å². The number of nitrogens with zero attached hydrogens (tertiary/aromatic N) is 1. The summed E-state index contributed by atoms with van der Waals surface area (Å²) in [7, 11) is 0.574. The van der Waals surface area contributed by atoms with Gasteiger partial charge in [-0.3, -0.25) is 4.79 Å². The van der Waals surface area contributed by atoms with E-state index < -0.39 is 10.0 Å². The van der Waals surface area contributed by atoms with Crippen molar-refractivity contribution < 1.29 is 17.9 Å². The highest BCUT2D eigenvalue weighted by Crippen LogP contribution is 2.25. The molecule has 0 unspecified atom stereocenters. The van der Waals surface area contributed by atoms with Gasteiger partial charge in [-0.2, -0.15) is 0 Å². The van der Waals surface area contributed by atoms with E-state index in [1.54, 1.807) is 19.2 Å². The van der Waals surface area contributed by atoms with Gasteiger partial charge >= 0.3 is 0 Å². The van der Waals surface area contributed by atoms with Gasteiger partial charge in [0.25, 0.3) is 5.91 Å². The first-order chi connectivity index (χ1) is 11.8. The molecule has 0 heterocycles. The van der Waals surface area contributed by atoms with E-state index in [9.17, 15) is 13.2 Å². The second kappa shape index (κ2) is 7.86. The minimum atomic E-state index is -3.75. The number of rotatable bonds is 6. The predicted molar refractivity (Wildman–Crippen MR) is 96.5 cm³/mol. The first-order valence-corrected chi connectivity index (χ1v) is 9.26. The number of carbonyl (C=O) groups excluding carboxylic acids is 1. The second-order valence-electron chi connectivity index (χ2n) is 5.36. The van der Waals surface area contributed by atoms with Crippen molar-refractivity contribution in [3.63, 3.8) is 0 Å². The zero-order valence-corrected chi connectivity index (χ0v) is 15.7. The third-order valence-electron chi connectivity index (χ3n) is 3.65. The fourth-order valence-electron chi connectivity index (χ4n) is 2.29. The van der Waals surface area contributed by atoms with Crippen LogP contribution in [0.2, 0.25) is 5.02 Å². The Kier molecular flexibility index (Phi) is 6.05. The maximum atomic E-state index is 12.6. The molecule has 2 aromatic rings. The SMILES string of the molecule is CNS(=O)(=O)c1cc(C(=O)N(C)Cc2ccc(Cl)cc2)ccc1OC. The highest BCUT2D eigenvalue weighted by molar-refractivity contribution is 7.89. The fraction of sp³-hybridized carbons (Fsp3) is 0.235. The number of methoxy groups -OCH3 is 1. The van der Waals surface area contributed by atoms with Crippen molar-refractivity contribution in [2.75, 3.05) is 21.2 Å². The van der Waals surface area contributed by atoms with Crippen molar-refractivity contribution in [3.8, 4) is 5.75 Å². The Bertz CT molecular complexity index is 867. The van der Waals surface area contributed by atoms with Gasteiger partial charge < -0.3 is 9.64 Å². The zero-order chi connectivity index (χ0) is 18.6. The monoisotopic (exact) mass is 382 g/mol. The van der Waals surface area contributed by atoms with Gasteiger partial charge in [0.2, 0.25) is 10.0 Å². The topological polar surface area (TPSA) is 75.7 Å². The molecule has 1 N–H and O–H groups in total. The van der Waals surface area contributed by atoms with Gasteiger partial charge in [0.1, 0.15) is 10.6 Å². The predicted octanol–water partition coefficient (Wildman–Crippen LogP) is 2.53. The lowest BCUT2D eigenvalue weighted by molar-refractivity contribution is 0.0785. The molecule has 2 rings (SSSR count). The van der Waals surface area contributed by atoms with Crippen LogP contribution in [0.1, 0.15) is 15.9 Å². The van der Waals surface area contributed by atoms with Crippen LogP contribution >= 0.6 is 11.6 Å². The quantitative estimate of drug-likeness (QED) is 0.833.